The minimum Gasteiger partial charge on any atom is -0.457 e. The maximum Gasteiger partial charge on any atom is 0.131 e. The average Bonchev–Trinajstić information content (AvgIpc) is 2.50. The lowest BCUT2D eigenvalue weighted by atomic mass is 9.74. The van der Waals surface area contributed by atoms with Gasteiger partial charge in [0.1, 0.15) is 11.5 Å². The fourth-order valence-corrected chi connectivity index (χ4v) is 8.04. The Morgan fingerprint density at radius 1 is 0.808 bits per heavy atom. The molecule has 0 saturated heterocycles. The van der Waals surface area contributed by atoms with E-state index in [1.165, 1.54) is 16.7 Å². The van der Waals surface area contributed by atoms with Crippen LogP contribution in [0.1, 0.15) is 72.1 Å². The van der Waals surface area contributed by atoms with Crippen LogP contribution in [0.15, 0.2) is 42.5 Å². The van der Waals surface area contributed by atoms with E-state index in [0.717, 1.165) is 17.7 Å². The summed E-state index contributed by atoms with van der Waals surface area (Å²) in [5, 5.41) is 0.627. The lowest BCUT2D eigenvalue weighted by Crippen LogP contribution is -2.29. The summed E-state index contributed by atoms with van der Waals surface area (Å²) >= 11 is 0. The van der Waals surface area contributed by atoms with Gasteiger partial charge in [-0.25, -0.2) is 0 Å². The second-order valence-electron chi connectivity index (χ2n) is 9.94. The van der Waals surface area contributed by atoms with E-state index in [2.05, 4.69) is 97.9 Å². The highest BCUT2D eigenvalue weighted by Crippen LogP contribution is 2.62. The Balaban J connectivity index is 2.11. The molecule has 0 aromatic heterocycles. The second-order valence-corrected chi connectivity index (χ2v) is 13.8. The molecule has 0 N–H and O–H groups in total. The Kier molecular flexibility index (Phi) is 4.77. The lowest BCUT2D eigenvalue weighted by molar-refractivity contribution is 0.416. The summed E-state index contributed by atoms with van der Waals surface area (Å²) in [6.45, 7) is 19.1. The van der Waals surface area contributed by atoms with Crippen molar-refractivity contribution in [3.63, 3.8) is 0 Å². The molecule has 1 aliphatic rings. The Morgan fingerprint density at radius 3 is 2.00 bits per heavy atom. The Bertz CT molecular complexity index is 792. The first-order valence-corrected chi connectivity index (χ1v) is 11.1. The van der Waals surface area contributed by atoms with Crippen molar-refractivity contribution in [2.75, 3.05) is 0 Å². The van der Waals surface area contributed by atoms with Crippen LogP contribution in [0.25, 0.3) is 0 Å². The summed E-state index contributed by atoms with van der Waals surface area (Å²) < 4.78 is 6.31. The molecule has 1 nitrogen and oxygen atoms in total. The number of rotatable bonds is 2. The van der Waals surface area contributed by atoms with Gasteiger partial charge in [-0.2, -0.15) is 0 Å². The van der Waals surface area contributed by atoms with E-state index in [4.69, 9.17) is 4.74 Å². The van der Waals surface area contributed by atoms with Crippen molar-refractivity contribution in [3.8, 4) is 11.5 Å². The van der Waals surface area contributed by atoms with Gasteiger partial charge in [0.15, 0.2) is 0 Å². The van der Waals surface area contributed by atoms with Crippen LogP contribution < -0.4 is 4.74 Å². The maximum absolute atomic E-state index is 6.31. The molecule has 1 heterocycles. The molecule has 0 amide bonds. The zero-order valence-corrected chi connectivity index (χ0v) is 18.5. The average molecular weight is 369 g/mol. The molecule has 0 atom stereocenters. The van der Waals surface area contributed by atoms with Gasteiger partial charge in [0, 0.05) is 16.5 Å². The highest BCUT2D eigenvalue weighted by molar-refractivity contribution is 7.60. The van der Waals surface area contributed by atoms with Crippen molar-refractivity contribution in [1.82, 2.24) is 0 Å². The fourth-order valence-electron chi connectivity index (χ4n) is 4.48. The van der Waals surface area contributed by atoms with E-state index in [1.807, 2.05) is 0 Å². The van der Waals surface area contributed by atoms with Gasteiger partial charge in [-0.1, -0.05) is 93.6 Å². The van der Waals surface area contributed by atoms with Gasteiger partial charge in [-0.05, 0) is 34.2 Å². The van der Waals surface area contributed by atoms with E-state index < -0.39 is 0 Å². The molecule has 0 saturated carbocycles. The van der Waals surface area contributed by atoms with Gasteiger partial charge in [-0.3, -0.25) is 0 Å². The van der Waals surface area contributed by atoms with Crippen molar-refractivity contribution in [1.29, 1.82) is 0 Å². The zero-order valence-electron chi connectivity index (χ0n) is 17.6. The van der Waals surface area contributed by atoms with Gasteiger partial charge in [0.05, 0.1) is 0 Å². The number of hydrogen-bond acceptors (Lipinski definition) is 1. The van der Waals surface area contributed by atoms with Crippen LogP contribution in [0.2, 0.25) is 0 Å². The van der Waals surface area contributed by atoms with Crippen LogP contribution in [-0.4, -0.2) is 10.3 Å². The number of ether oxygens (including phenoxy) is 1. The number of benzene rings is 2. The van der Waals surface area contributed by atoms with Gasteiger partial charge in [0.25, 0.3) is 0 Å². The van der Waals surface area contributed by atoms with E-state index >= 15 is 0 Å². The summed E-state index contributed by atoms with van der Waals surface area (Å²) in [7, 11) is -0.199. The highest BCUT2D eigenvalue weighted by Gasteiger charge is 2.39. The molecular weight excluding hydrogens is 335 g/mol. The second kappa shape index (κ2) is 6.38. The van der Waals surface area contributed by atoms with Crippen LogP contribution in [0, 0.1) is 0 Å². The fraction of sp³-hybridized carbons (Fsp3) is 0.500. The minimum absolute atomic E-state index is 0.0441. The van der Waals surface area contributed by atoms with Crippen LogP contribution >= 0.6 is 7.92 Å². The van der Waals surface area contributed by atoms with E-state index in [9.17, 15) is 0 Å². The third kappa shape index (κ3) is 3.44. The van der Waals surface area contributed by atoms with Crippen molar-refractivity contribution in [2.24, 2.45) is 0 Å². The van der Waals surface area contributed by atoms with E-state index in [1.54, 1.807) is 0 Å². The molecule has 0 aliphatic carbocycles. The Morgan fingerprint density at radius 2 is 1.38 bits per heavy atom. The largest absolute Gasteiger partial charge is 0.457 e. The summed E-state index contributed by atoms with van der Waals surface area (Å²) in [6, 6.07) is 15.1. The molecule has 140 valence electrons. The van der Waals surface area contributed by atoms with Crippen LogP contribution in [-0.2, 0) is 11.6 Å². The topological polar surface area (TPSA) is 9.23 Å². The van der Waals surface area contributed by atoms with Crippen molar-refractivity contribution >= 4 is 7.92 Å². The van der Waals surface area contributed by atoms with Gasteiger partial charge >= 0.3 is 0 Å². The molecule has 0 radical (unpaired) electrons. The molecule has 0 fully saturated rings. The molecule has 0 unspecified atom stereocenters. The van der Waals surface area contributed by atoms with Crippen LogP contribution in [0.4, 0.5) is 0 Å². The van der Waals surface area contributed by atoms with Crippen LogP contribution in [0.5, 0.6) is 11.5 Å². The maximum atomic E-state index is 6.31. The standard InChI is InChI=1S/C24H33OP/c1-22(2,3)26(23(4,5)6)16-17-12-11-15-20-21(17)24(7,8)18-13-9-10-14-19(18)25-20/h9-15H,16H2,1-8H3. The van der Waals surface area contributed by atoms with Gasteiger partial charge < -0.3 is 4.74 Å². The van der Waals surface area contributed by atoms with E-state index in [0.29, 0.717) is 10.3 Å². The zero-order chi connectivity index (χ0) is 19.3. The predicted molar refractivity (Wildman–Crippen MR) is 115 cm³/mol. The smallest absolute Gasteiger partial charge is 0.131 e. The van der Waals surface area contributed by atoms with Crippen LogP contribution in [0.3, 0.4) is 0 Å². The van der Waals surface area contributed by atoms with Crippen molar-refractivity contribution in [3.05, 3.63) is 59.2 Å². The highest BCUT2D eigenvalue weighted by atomic mass is 31.1. The molecule has 2 aromatic rings. The Labute approximate surface area is 160 Å². The lowest BCUT2D eigenvalue weighted by Gasteiger charge is -2.43. The first-order valence-electron chi connectivity index (χ1n) is 9.60. The molecule has 3 rings (SSSR count). The monoisotopic (exact) mass is 368 g/mol. The van der Waals surface area contributed by atoms with Gasteiger partial charge in [-0.15, -0.1) is 0 Å². The van der Waals surface area contributed by atoms with Crippen molar-refractivity contribution in [2.45, 2.75) is 77.3 Å². The summed E-state index contributed by atoms with van der Waals surface area (Å²) in [5.41, 5.74) is 4.07. The number of fused-ring (bicyclic) bond motifs is 2. The first kappa shape index (κ1) is 19.4. The van der Waals surface area contributed by atoms with Gasteiger partial charge in [0.2, 0.25) is 0 Å². The molecule has 26 heavy (non-hydrogen) atoms. The third-order valence-corrected chi connectivity index (χ3v) is 9.36. The molecular formula is C24H33OP. The molecule has 2 heteroatoms. The molecule has 0 spiro atoms. The van der Waals surface area contributed by atoms with E-state index in [-0.39, 0.29) is 13.3 Å². The SMILES string of the molecule is CC1(C)c2ccccc2Oc2cccc(CP(C(C)(C)C)C(C)(C)C)c21. The Hall–Kier alpha value is -1.33. The number of para-hydroxylation sites is 1. The summed E-state index contributed by atoms with van der Waals surface area (Å²) in [5.74, 6) is 2.03. The molecule has 0 bridgehead atoms. The molecule has 2 aromatic carbocycles. The van der Waals surface area contributed by atoms with Crippen molar-refractivity contribution < 1.29 is 4.74 Å². The third-order valence-electron chi connectivity index (χ3n) is 5.47. The summed E-state index contributed by atoms with van der Waals surface area (Å²) in [4.78, 5) is 0. The molecule has 1 aliphatic heterocycles. The quantitative estimate of drug-likeness (QED) is 0.494. The number of hydrogen-bond donors (Lipinski definition) is 0. The normalized spacial score (nSPS) is 16.0. The summed E-state index contributed by atoms with van der Waals surface area (Å²) in [6.07, 6.45) is 1.14. The first-order chi connectivity index (χ1) is 11.9. The predicted octanol–water partition coefficient (Wildman–Crippen LogP) is 7.70. The minimum atomic E-state index is -0.199.